The molecule has 0 aliphatic heterocycles. The zero-order chi connectivity index (χ0) is 28.5. The van der Waals surface area contributed by atoms with Crippen LogP contribution in [0.4, 0.5) is 0 Å². The fraction of sp³-hybridized carbons (Fsp3) is 0.939. The first-order chi connectivity index (χ1) is 18.4. The van der Waals surface area contributed by atoms with Gasteiger partial charge in [0.1, 0.15) is 0 Å². The van der Waals surface area contributed by atoms with Gasteiger partial charge in [-0.1, -0.05) is 0 Å². The van der Waals surface area contributed by atoms with Gasteiger partial charge in [0, 0.05) is 0 Å². The van der Waals surface area contributed by atoms with Crippen molar-refractivity contribution < 1.29 is 13.9 Å². The summed E-state index contributed by atoms with van der Waals surface area (Å²) in [5.41, 5.74) is 0. The van der Waals surface area contributed by atoms with E-state index in [0.29, 0.717) is 16.8 Å². The first kappa shape index (κ1) is 38.6. The van der Waals surface area contributed by atoms with E-state index < -0.39 is 26.7 Å². The molecule has 0 bridgehead atoms. The third-order valence-electron chi connectivity index (χ3n) is 8.53. The summed E-state index contributed by atoms with van der Waals surface area (Å²) in [7, 11) is 0.141. The summed E-state index contributed by atoms with van der Waals surface area (Å²) in [6.45, 7) is 17.8. The molecule has 0 aromatic heterocycles. The van der Waals surface area contributed by atoms with Crippen molar-refractivity contribution in [2.45, 2.75) is 167 Å². The summed E-state index contributed by atoms with van der Waals surface area (Å²) in [5.74, 6) is 0.567. The van der Waals surface area contributed by atoms with Gasteiger partial charge in [0.25, 0.3) is 0 Å². The van der Waals surface area contributed by atoms with Crippen LogP contribution in [0.2, 0.25) is 31.4 Å². The maximum atomic E-state index is 7.01. The molecule has 0 aromatic rings. The van der Waals surface area contributed by atoms with Gasteiger partial charge in [-0.2, -0.15) is 0 Å². The number of allylic oxidation sites excluding steroid dienone is 1. The molecule has 0 aliphatic carbocycles. The van der Waals surface area contributed by atoms with Crippen LogP contribution in [-0.4, -0.2) is 51.3 Å². The van der Waals surface area contributed by atoms with Crippen LogP contribution in [0.15, 0.2) is 12.2 Å². The van der Waals surface area contributed by atoms with E-state index in [1.54, 1.807) is 7.11 Å². The molecule has 0 N–H and O–H groups in total. The van der Waals surface area contributed by atoms with Gasteiger partial charge < -0.3 is 0 Å². The summed E-state index contributed by atoms with van der Waals surface area (Å²) in [6.07, 6.45) is 22.0. The van der Waals surface area contributed by atoms with E-state index in [4.69, 9.17) is 13.9 Å². The Morgan fingerprint density at radius 2 is 1.13 bits per heavy atom. The number of hydrogen-bond acceptors (Lipinski definition) is 3. The number of rotatable bonds is 28. The fourth-order valence-corrected chi connectivity index (χ4v) is 27.1. The van der Waals surface area contributed by atoms with Gasteiger partial charge in [-0.15, -0.1) is 0 Å². The first-order valence-corrected chi connectivity index (χ1v) is 27.1. The van der Waals surface area contributed by atoms with E-state index in [0.717, 1.165) is 13.0 Å². The van der Waals surface area contributed by atoms with Crippen molar-refractivity contribution in [3.63, 3.8) is 0 Å². The molecular weight excluding hydrogens is 591 g/mol. The van der Waals surface area contributed by atoms with Crippen molar-refractivity contribution in [2.75, 3.05) is 20.5 Å². The summed E-state index contributed by atoms with van der Waals surface area (Å²) >= 11 is -2.54. The Labute approximate surface area is 245 Å². The number of unbranched alkanes of at least 4 members (excludes halogenated alkanes) is 6. The fourth-order valence-electron chi connectivity index (χ4n) is 5.88. The normalized spacial score (nSPS) is 14.4. The Morgan fingerprint density at radius 1 is 0.684 bits per heavy atom. The van der Waals surface area contributed by atoms with Crippen molar-refractivity contribution in [2.24, 2.45) is 5.92 Å². The van der Waals surface area contributed by atoms with Crippen molar-refractivity contribution in [3.05, 3.63) is 12.2 Å². The molecule has 0 aromatic carbocycles. The molecule has 5 heteroatoms. The van der Waals surface area contributed by atoms with Crippen molar-refractivity contribution in [1.82, 2.24) is 0 Å². The molecule has 0 rings (SSSR count). The molecule has 3 nitrogen and oxygen atoms in total. The van der Waals surface area contributed by atoms with Gasteiger partial charge in [0.05, 0.1) is 0 Å². The molecule has 0 aliphatic rings. The molecule has 0 spiro atoms. The molecular formula is C33H70O3SiSn. The topological polar surface area (TPSA) is 27.7 Å². The molecule has 228 valence electrons. The Balaban J connectivity index is 5.55. The third kappa shape index (κ3) is 16.8. The average Bonchev–Trinajstić information content (AvgIpc) is 2.94. The monoisotopic (exact) mass is 662 g/mol. The summed E-state index contributed by atoms with van der Waals surface area (Å²) in [6, 6.07) is 4.09. The number of ether oxygens (including phenoxy) is 2. The quantitative estimate of drug-likeness (QED) is 0.0474. The van der Waals surface area contributed by atoms with Crippen LogP contribution >= 0.6 is 0 Å². The van der Waals surface area contributed by atoms with Crippen LogP contribution < -0.4 is 0 Å². The van der Waals surface area contributed by atoms with E-state index in [9.17, 15) is 0 Å². The second kappa shape index (κ2) is 25.4. The van der Waals surface area contributed by atoms with E-state index >= 15 is 0 Å². The van der Waals surface area contributed by atoms with E-state index in [1.807, 2.05) is 0 Å². The summed E-state index contributed by atoms with van der Waals surface area (Å²) in [5, 5.41) is 0. The Morgan fingerprint density at radius 3 is 1.53 bits per heavy atom. The summed E-state index contributed by atoms with van der Waals surface area (Å²) < 4.78 is 23.7. The standard InChI is InChI=1S/C21H43O3Si.3C4H9.Sn/c1-6-9-16-25(17-10-7-2,18-11-8-3)24-19-21(4)14-12-13-15-23-20-22-5;3*1-3-4-2;/h12-13,15,21H,6-11,14,16-20H2,1-5H3;3*1,3-4H2,2H3;/b13-12+;;;;/t21-;;;;/m1..../s1. The molecule has 0 radical (unpaired) electrons. The van der Waals surface area contributed by atoms with E-state index in [-0.39, 0.29) is 0 Å². The van der Waals surface area contributed by atoms with Crippen LogP contribution in [0.5, 0.6) is 0 Å². The van der Waals surface area contributed by atoms with Crippen molar-refractivity contribution in [1.29, 1.82) is 0 Å². The van der Waals surface area contributed by atoms with Crippen LogP contribution in [0.1, 0.15) is 132 Å². The second-order valence-corrected chi connectivity index (χ2v) is 30.1. The predicted molar refractivity (Wildman–Crippen MR) is 175 cm³/mol. The number of hydrogen-bond donors (Lipinski definition) is 0. The summed E-state index contributed by atoms with van der Waals surface area (Å²) in [4.78, 5) is 0. The zero-order valence-electron chi connectivity index (χ0n) is 27.4. The minimum absolute atomic E-state index is 0.342. The molecule has 0 saturated carbocycles. The van der Waals surface area contributed by atoms with Gasteiger partial charge in [-0.05, 0) is 0 Å². The van der Waals surface area contributed by atoms with Crippen LogP contribution in [0, 0.1) is 5.92 Å². The zero-order valence-corrected chi connectivity index (χ0v) is 31.2. The molecule has 0 saturated heterocycles. The SMILES string of the molecule is CCCC[Si](CCCC)(CCCC)OC[C@H](C)C/C=C/[C@@H](OCOC)[Sn]([CH2]CCC)([CH2]CCC)[CH2]CCC. The molecule has 38 heavy (non-hydrogen) atoms. The minimum atomic E-state index is -2.54. The molecule has 0 fully saturated rings. The van der Waals surface area contributed by atoms with Crippen LogP contribution in [0.25, 0.3) is 0 Å². The van der Waals surface area contributed by atoms with Crippen molar-refractivity contribution in [3.8, 4) is 0 Å². The van der Waals surface area contributed by atoms with Crippen LogP contribution in [-0.2, 0) is 13.9 Å². The molecule has 0 unspecified atom stereocenters. The Bertz CT molecular complexity index is 499. The van der Waals surface area contributed by atoms with Crippen molar-refractivity contribution >= 4 is 26.7 Å². The molecule has 0 amide bonds. The predicted octanol–water partition coefficient (Wildman–Crippen LogP) is 11.3. The van der Waals surface area contributed by atoms with Crippen LogP contribution in [0.3, 0.4) is 0 Å². The Hall–Kier alpha value is 0.636. The molecule has 2 atom stereocenters. The van der Waals surface area contributed by atoms with Gasteiger partial charge >= 0.3 is 247 Å². The van der Waals surface area contributed by atoms with Gasteiger partial charge in [-0.3, -0.25) is 0 Å². The van der Waals surface area contributed by atoms with E-state index in [1.165, 1.54) is 108 Å². The average molecular weight is 662 g/mol. The maximum absolute atomic E-state index is 7.01. The third-order valence-corrected chi connectivity index (χ3v) is 29.1. The molecule has 0 heterocycles. The Kier molecular flexibility index (Phi) is 25.8. The van der Waals surface area contributed by atoms with Gasteiger partial charge in [0.2, 0.25) is 0 Å². The first-order valence-electron chi connectivity index (χ1n) is 16.8. The van der Waals surface area contributed by atoms with E-state index in [2.05, 4.69) is 60.6 Å². The van der Waals surface area contributed by atoms with Gasteiger partial charge in [0.15, 0.2) is 0 Å². The second-order valence-electron chi connectivity index (χ2n) is 12.2. The number of methoxy groups -OCH3 is 1. The van der Waals surface area contributed by atoms with Gasteiger partial charge in [-0.25, -0.2) is 0 Å².